The molecule has 4 fully saturated rings. The zero-order valence-corrected chi connectivity index (χ0v) is 17.0. The van der Waals surface area contributed by atoms with E-state index in [4.69, 9.17) is 9.47 Å². The molecule has 0 saturated heterocycles. The molecule has 0 radical (unpaired) electrons. The monoisotopic (exact) mass is 385 g/mol. The van der Waals surface area contributed by atoms with E-state index in [1.807, 2.05) is 32.0 Å². The summed E-state index contributed by atoms with van der Waals surface area (Å²) in [6, 6.07) is 5.82. The van der Waals surface area contributed by atoms with Crippen LogP contribution in [0.2, 0.25) is 0 Å². The summed E-state index contributed by atoms with van der Waals surface area (Å²) in [5, 5.41) is 3.03. The maximum Gasteiger partial charge on any atom is 0.344 e. The molecule has 1 aromatic carbocycles. The number of carbonyl (C=O) groups excluding carboxylic acids is 2. The fourth-order valence-corrected chi connectivity index (χ4v) is 6.19. The average molecular weight is 386 g/mol. The topological polar surface area (TPSA) is 64.6 Å². The van der Waals surface area contributed by atoms with E-state index in [2.05, 4.69) is 5.32 Å². The van der Waals surface area contributed by atoms with Crippen LogP contribution in [0.5, 0.6) is 5.75 Å². The first-order valence-electron chi connectivity index (χ1n) is 10.5. The Hall–Kier alpha value is -2.04. The Balaban J connectivity index is 1.19. The van der Waals surface area contributed by atoms with Crippen molar-refractivity contribution in [2.24, 2.45) is 23.2 Å². The van der Waals surface area contributed by atoms with Gasteiger partial charge < -0.3 is 14.8 Å². The fourth-order valence-electron chi connectivity index (χ4n) is 6.19. The molecule has 0 heterocycles. The average Bonchev–Trinajstić information content (AvgIpc) is 2.63. The van der Waals surface area contributed by atoms with Gasteiger partial charge in [0.15, 0.2) is 13.2 Å². The second-order valence-electron chi connectivity index (χ2n) is 9.36. The lowest BCUT2D eigenvalue weighted by molar-refractivity contribution is -0.150. The van der Waals surface area contributed by atoms with Crippen molar-refractivity contribution in [1.29, 1.82) is 0 Å². The first-order chi connectivity index (χ1) is 13.4. The van der Waals surface area contributed by atoms with Gasteiger partial charge in [-0.15, -0.1) is 0 Å². The van der Waals surface area contributed by atoms with Crippen molar-refractivity contribution in [3.05, 3.63) is 29.3 Å². The summed E-state index contributed by atoms with van der Waals surface area (Å²) in [6.45, 7) is 4.18. The number of benzene rings is 1. The zero-order valence-electron chi connectivity index (χ0n) is 17.0. The molecule has 152 valence electrons. The number of hydrogen-bond acceptors (Lipinski definition) is 4. The number of esters is 1. The van der Waals surface area contributed by atoms with Crippen LogP contribution in [0.1, 0.15) is 49.7 Å². The minimum Gasteiger partial charge on any atom is -0.481 e. The smallest absolute Gasteiger partial charge is 0.344 e. The SMILES string of the molecule is Cc1cccc(C)c1OCC(=O)OCC(=O)NCC12CC3CC(CC(C3)C1)C2. The highest BCUT2D eigenvalue weighted by Gasteiger charge is 2.50. The number of carbonyl (C=O) groups is 2. The molecule has 4 aliphatic rings. The van der Waals surface area contributed by atoms with Crippen molar-refractivity contribution < 1.29 is 19.1 Å². The number of hydrogen-bond donors (Lipinski definition) is 1. The van der Waals surface area contributed by atoms with Gasteiger partial charge in [0, 0.05) is 6.54 Å². The van der Waals surface area contributed by atoms with Crippen LogP contribution in [-0.4, -0.2) is 31.6 Å². The highest BCUT2D eigenvalue weighted by molar-refractivity contribution is 5.81. The highest BCUT2D eigenvalue weighted by atomic mass is 16.6. The van der Waals surface area contributed by atoms with Gasteiger partial charge in [-0.3, -0.25) is 4.79 Å². The van der Waals surface area contributed by atoms with Crippen molar-refractivity contribution in [3.8, 4) is 5.75 Å². The van der Waals surface area contributed by atoms with Crippen molar-refractivity contribution in [2.75, 3.05) is 19.8 Å². The van der Waals surface area contributed by atoms with Crippen LogP contribution in [0.15, 0.2) is 18.2 Å². The molecule has 28 heavy (non-hydrogen) atoms. The van der Waals surface area contributed by atoms with Crippen molar-refractivity contribution in [1.82, 2.24) is 5.32 Å². The highest BCUT2D eigenvalue weighted by Crippen LogP contribution is 2.59. The minimum atomic E-state index is -0.521. The Labute approximate surface area is 167 Å². The lowest BCUT2D eigenvalue weighted by atomic mass is 9.49. The van der Waals surface area contributed by atoms with E-state index in [0.717, 1.165) is 35.4 Å². The minimum absolute atomic E-state index is 0.187. The van der Waals surface area contributed by atoms with E-state index in [-0.39, 0.29) is 19.1 Å². The molecule has 1 aromatic rings. The quantitative estimate of drug-likeness (QED) is 0.729. The Morgan fingerprint density at radius 1 is 1.00 bits per heavy atom. The number of rotatable bonds is 7. The summed E-state index contributed by atoms with van der Waals surface area (Å²) >= 11 is 0. The molecular formula is C23H31NO4. The molecule has 1 N–H and O–H groups in total. The van der Waals surface area contributed by atoms with E-state index in [0.29, 0.717) is 11.2 Å². The number of amides is 1. The van der Waals surface area contributed by atoms with Gasteiger partial charge in [0.25, 0.3) is 5.91 Å². The Kier molecular flexibility index (Phi) is 5.35. The van der Waals surface area contributed by atoms with Gasteiger partial charge in [-0.25, -0.2) is 4.79 Å². The van der Waals surface area contributed by atoms with E-state index < -0.39 is 5.97 Å². The van der Waals surface area contributed by atoms with Gasteiger partial charge in [-0.2, -0.15) is 0 Å². The number of aryl methyl sites for hydroxylation is 2. The third-order valence-corrected chi connectivity index (χ3v) is 6.93. The predicted octanol–water partition coefficient (Wildman–Crippen LogP) is 3.56. The van der Waals surface area contributed by atoms with Crippen LogP contribution in [0.3, 0.4) is 0 Å². The first-order valence-corrected chi connectivity index (χ1v) is 10.5. The number of nitrogens with one attached hydrogen (secondary N) is 1. The molecule has 4 aliphatic carbocycles. The van der Waals surface area contributed by atoms with E-state index in [9.17, 15) is 9.59 Å². The Bertz CT molecular complexity index is 701. The fraction of sp³-hybridized carbons (Fsp3) is 0.652. The molecule has 0 aliphatic heterocycles. The molecule has 5 rings (SSSR count). The van der Waals surface area contributed by atoms with Crippen LogP contribution in [0.4, 0.5) is 0 Å². The molecule has 5 heteroatoms. The van der Waals surface area contributed by atoms with Crippen LogP contribution in [0, 0.1) is 37.0 Å². The first kappa shape index (κ1) is 19.3. The number of para-hydroxylation sites is 1. The zero-order chi connectivity index (χ0) is 19.7. The summed E-state index contributed by atoms with van der Waals surface area (Å²) in [5.74, 6) is 2.56. The Morgan fingerprint density at radius 2 is 1.57 bits per heavy atom. The van der Waals surface area contributed by atoms with Crippen LogP contribution in [0.25, 0.3) is 0 Å². The summed E-state index contributed by atoms with van der Waals surface area (Å²) in [4.78, 5) is 24.1. The van der Waals surface area contributed by atoms with Gasteiger partial charge in [-0.1, -0.05) is 18.2 Å². The molecule has 5 nitrogen and oxygen atoms in total. The maximum absolute atomic E-state index is 12.2. The largest absolute Gasteiger partial charge is 0.481 e. The van der Waals surface area contributed by atoms with Crippen LogP contribution >= 0.6 is 0 Å². The normalized spacial score (nSPS) is 30.1. The summed E-state index contributed by atoms with van der Waals surface area (Å²) in [7, 11) is 0. The summed E-state index contributed by atoms with van der Waals surface area (Å²) in [6.07, 6.45) is 7.94. The van der Waals surface area contributed by atoms with Gasteiger partial charge in [0.1, 0.15) is 5.75 Å². The van der Waals surface area contributed by atoms with Crippen molar-refractivity contribution in [2.45, 2.75) is 52.4 Å². The Morgan fingerprint density at radius 3 is 2.14 bits per heavy atom. The third kappa shape index (κ3) is 4.18. The standard InChI is InChI=1S/C23H31NO4/c1-15-4-3-5-16(2)22(15)28-13-21(26)27-12-20(25)24-14-23-9-17-6-18(10-23)8-19(7-17)11-23/h3-5,17-19H,6-14H2,1-2H3,(H,24,25). The van der Waals surface area contributed by atoms with Gasteiger partial charge >= 0.3 is 5.97 Å². The molecular weight excluding hydrogens is 354 g/mol. The van der Waals surface area contributed by atoms with Crippen molar-refractivity contribution >= 4 is 11.9 Å². The van der Waals surface area contributed by atoms with Gasteiger partial charge in [-0.05, 0) is 86.7 Å². The van der Waals surface area contributed by atoms with E-state index in [1.165, 1.54) is 38.5 Å². The molecule has 0 spiro atoms. The number of ether oxygens (including phenoxy) is 2. The second kappa shape index (κ2) is 7.76. The molecule has 0 unspecified atom stereocenters. The molecule has 1 amide bonds. The molecule has 4 bridgehead atoms. The lowest BCUT2D eigenvalue weighted by Crippen LogP contribution is -2.51. The van der Waals surface area contributed by atoms with Crippen LogP contribution in [-0.2, 0) is 14.3 Å². The second-order valence-corrected chi connectivity index (χ2v) is 9.36. The molecule has 0 aromatic heterocycles. The van der Waals surface area contributed by atoms with E-state index in [1.54, 1.807) is 0 Å². The van der Waals surface area contributed by atoms with Gasteiger partial charge in [0.2, 0.25) is 0 Å². The van der Waals surface area contributed by atoms with E-state index >= 15 is 0 Å². The van der Waals surface area contributed by atoms with Gasteiger partial charge in [0.05, 0.1) is 0 Å². The van der Waals surface area contributed by atoms with Crippen molar-refractivity contribution in [3.63, 3.8) is 0 Å². The predicted molar refractivity (Wildman–Crippen MR) is 106 cm³/mol. The maximum atomic E-state index is 12.2. The summed E-state index contributed by atoms with van der Waals surface area (Å²) < 4.78 is 10.7. The summed E-state index contributed by atoms with van der Waals surface area (Å²) in [5.41, 5.74) is 2.24. The third-order valence-electron chi connectivity index (χ3n) is 6.93. The lowest BCUT2D eigenvalue weighted by Gasteiger charge is -2.56. The molecule has 4 saturated carbocycles. The van der Waals surface area contributed by atoms with Crippen LogP contribution < -0.4 is 10.1 Å². The molecule has 0 atom stereocenters.